The number of benzene rings is 3. The van der Waals surface area contributed by atoms with E-state index in [2.05, 4.69) is 10.3 Å². The monoisotopic (exact) mass is 427 g/mol. The number of carbonyl (C=O) groups excluding carboxylic acids is 3. The number of carbonyl (C=O) groups is 3. The first-order chi connectivity index (χ1) is 14.9. The maximum Gasteiger partial charge on any atom is 0.266 e. The van der Waals surface area contributed by atoms with Crippen molar-refractivity contribution in [2.45, 2.75) is 13.8 Å². The van der Waals surface area contributed by atoms with E-state index in [0.29, 0.717) is 22.5 Å². The molecule has 152 valence electrons. The number of imide groups is 1. The molecule has 31 heavy (non-hydrogen) atoms. The van der Waals surface area contributed by atoms with Gasteiger partial charge in [0.05, 0.1) is 32.0 Å². The number of aryl methyl sites for hydroxylation is 2. The molecule has 0 aliphatic carbocycles. The molecule has 3 aromatic carbocycles. The van der Waals surface area contributed by atoms with Crippen LogP contribution < -0.4 is 10.2 Å². The first kappa shape index (κ1) is 19.1. The zero-order valence-electron chi connectivity index (χ0n) is 16.8. The SMILES string of the molecule is Cc1nc2ccc(NC(=O)c3ccc4c(c3)C(=O)N(c3ccccc3C)C4=O)cc2s1. The molecule has 1 aromatic heterocycles. The highest BCUT2D eigenvalue weighted by molar-refractivity contribution is 7.18. The van der Waals surface area contributed by atoms with Gasteiger partial charge in [-0.2, -0.15) is 0 Å². The van der Waals surface area contributed by atoms with Crippen LogP contribution in [0.3, 0.4) is 0 Å². The molecule has 0 saturated carbocycles. The Morgan fingerprint density at radius 2 is 1.71 bits per heavy atom. The zero-order valence-corrected chi connectivity index (χ0v) is 17.6. The van der Waals surface area contributed by atoms with E-state index in [9.17, 15) is 14.4 Å². The molecule has 2 heterocycles. The van der Waals surface area contributed by atoms with Crippen molar-refractivity contribution < 1.29 is 14.4 Å². The Kier molecular flexibility index (Phi) is 4.41. The predicted molar refractivity (Wildman–Crippen MR) is 121 cm³/mol. The van der Waals surface area contributed by atoms with Gasteiger partial charge in [0, 0.05) is 11.3 Å². The summed E-state index contributed by atoms with van der Waals surface area (Å²) < 4.78 is 0.985. The van der Waals surface area contributed by atoms with Gasteiger partial charge in [0.2, 0.25) is 0 Å². The third kappa shape index (κ3) is 3.19. The van der Waals surface area contributed by atoms with Crippen molar-refractivity contribution in [3.05, 3.63) is 87.9 Å². The van der Waals surface area contributed by atoms with Gasteiger partial charge in [0.25, 0.3) is 17.7 Å². The van der Waals surface area contributed by atoms with Crippen LogP contribution in [0.2, 0.25) is 0 Å². The Labute approximate surface area is 182 Å². The van der Waals surface area contributed by atoms with Gasteiger partial charge in [-0.1, -0.05) is 18.2 Å². The number of anilines is 2. The van der Waals surface area contributed by atoms with Crippen LogP contribution in [0.4, 0.5) is 11.4 Å². The third-order valence-electron chi connectivity index (χ3n) is 5.26. The number of hydrogen-bond acceptors (Lipinski definition) is 5. The zero-order chi connectivity index (χ0) is 21.7. The highest BCUT2D eigenvalue weighted by atomic mass is 32.1. The van der Waals surface area contributed by atoms with Crippen LogP contribution >= 0.6 is 11.3 Å². The molecule has 5 rings (SSSR count). The van der Waals surface area contributed by atoms with Gasteiger partial charge in [0.15, 0.2) is 0 Å². The number of rotatable bonds is 3. The Morgan fingerprint density at radius 1 is 0.935 bits per heavy atom. The van der Waals surface area contributed by atoms with E-state index in [0.717, 1.165) is 20.8 Å². The van der Waals surface area contributed by atoms with E-state index in [1.165, 1.54) is 11.0 Å². The van der Waals surface area contributed by atoms with Crippen molar-refractivity contribution in [1.82, 2.24) is 4.98 Å². The molecule has 1 aliphatic heterocycles. The third-order valence-corrected chi connectivity index (χ3v) is 6.19. The van der Waals surface area contributed by atoms with Crippen LogP contribution in [0, 0.1) is 13.8 Å². The van der Waals surface area contributed by atoms with Crippen LogP contribution in [-0.4, -0.2) is 22.7 Å². The molecule has 1 N–H and O–H groups in total. The summed E-state index contributed by atoms with van der Waals surface area (Å²) in [6.07, 6.45) is 0. The molecular formula is C24H17N3O3S. The normalized spacial score (nSPS) is 13.0. The van der Waals surface area contributed by atoms with Crippen LogP contribution in [0.15, 0.2) is 60.7 Å². The first-order valence-corrected chi connectivity index (χ1v) is 10.5. The van der Waals surface area contributed by atoms with Crippen molar-refractivity contribution in [1.29, 1.82) is 0 Å². The fourth-order valence-electron chi connectivity index (χ4n) is 3.74. The second-order valence-electron chi connectivity index (χ2n) is 7.36. The standard InChI is InChI=1S/C24H17N3O3S/c1-13-5-3-4-6-20(13)27-23(29)17-9-7-15(11-18(17)24(27)30)22(28)26-16-8-10-19-21(12-16)31-14(2)25-19/h3-12H,1-2H3,(H,26,28). The van der Waals surface area contributed by atoms with Crippen molar-refractivity contribution in [2.24, 2.45) is 0 Å². The molecule has 3 amide bonds. The second-order valence-corrected chi connectivity index (χ2v) is 8.60. The average Bonchev–Trinajstić information content (AvgIpc) is 3.24. The van der Waals surface area contributed by atoms with Crippen LogP contribution in [-0.2, 0) is 0 Å². The predicted octanol–water partition coefficient (Wildman–Crippen LogP) is 4.97. The van der Waals surface area contributed by atoms with Gasteiger partial charge in [-0.3, -0.25) is 14.4 Å². The molecule has 0 fully saturated rings. The molecule has 0 spiro atoms. The van der Waals surface area contributed by atoms with Gasteiger partial charge in [0.1, 0.15) is 0 Å². The Bertz CT molecular complexity index is 1410. The van der Waals surface area contributed by atoms with Gasteiger partial charge in [-0.05, 0) is 61.9 Å². The minimum Gasteiger partial charge on any atom is -0.322 e. The van der Waals surface area contributed by atoms with E-state index < -0.39 is 5.91 Å². The second kappa shape index (κ2) is 7.14. The van der Waals surface area contributed by atoms with Crippen LogP contribution in [0.25, 0.3) is 10.2 Å². The summed E-state index contributed by atoms with van der Waals surface area (Å²) in [4.78, 5) is 44.3. The lowest BCUT2D eigenvalue weighted by Gasteiger charge is -2.16. The Hall–Kier alpha value is -3.84. The van der Waals surface area contributed by atoms with Crippen molar-refractivity contribution in [2.75, 3.05) is 10.2 Å². The fourth-order valence-corrected chi connectivity index (χ4v) is 4.60. The number of hydrogen-bond donors (Lipinski definition) is 1. The quantitative estimate of drug-likeness (QED) is 0.469. The summed E-state index contributed by atoms with van der Waals surface area (Å²) in [7, 11) is 0. The smallest absolute Gasteiger partial charge is 0.266 e. The van der Waals surface area contributed by atoms with Crippen molar-refractivity contribution in [3.63, 3.8) is 0 Å². The van der Waals surface area contributed by atoms with E-state index in [-0.39, 0.29) is 17.4 Å². The number of amides is 3. The molecule has 4 aromatic rings. The number of nitrogens with zero attached hydrogens (tertiary/aromatic N) is 2. The first-order valence-electron chi connectivity index (χ1n) is 9.69. The van der Waals surface area contributed by atoms with Gasteiger partial charge in [-0.25, -0.2) is 9.88 Å². The van der Waals surface area contributed by atoms with Gasteiger partial charge < -0.3 is 5.32 Å². The summed E-state index contributed by atoms with van der Waals surface area (Å²) in [5.74, 6) is -1.16. The number of para-hydroxylation sites is 1. The maximum atomic E-state index is 13.0. The molecular weight excluding hydrogens is 410 g/mol. The van der Waals surface area contributed by atoms with E-state index in [1.54, 1.807) is 41.7 Å². The minimum atomic E-state index is -0.425. The van der Waals surface area contributed by atoms with Crippen molar-refractivity contribution >= 4 is 50.6 Å². The van der Waals surface area contributed by atoms with E-state index in [4.69, 9.17) is 0 Å². The molecule has 0 unspecified atom stereocenters. The lowest BCUT2D eigenvalue weighted by atomic mass is 10.1. The molecule has 7 heteroatoms. The maximum absolute atomic E-state index is 13.0. The summed E-state index contributed by atoms with van der Waals surface area (Å²) in [5, 5.41) is 3.82. The summed E-state index contributed by atoms with van der Waals surface area (Å²) in [5.41, 5.74) is 3.74. The summed E-state index contributed by atoms with van der Waals surface area (Å²) >= 11 is 1.56. The van der Waals surface area contributed by atoms with E-state index >= 15 is 0 Å². The molecule has 0 saturated heterocycles. The largest absolute Gasteiger partial charge is 0.322 e. The average molecular weight is 427 g/mol. The topological polar surface area (TPSA) is 79.4 Å². The van der Waals surface area contributed by atoms with Gasteiger partial charge >= 0.3 is 0 Å². The summed E-state index contributed by atoms with van der Waals surface area (Å²) in [6, 6.07) is 17.3. The van der Waals surface area contributed by atoms with Crippen LogP contribution in [0.1, 0.15) is 41.6 Å². The molecule has 0 bridgehead atoms. The molecule has 0 radical (unpaired) electrons. The molecule has 6 nitrogen and oxygen atoms in total. The fraction of sp³-hybridized carbons (Fsp3) is 0.0833. The highest BCUT2D eigenvalue weighted by Gasteiger charge is 2.37. The van der Waals surface area contributed by atoms with E-state index in [1.807, 2.05) is 38.1 Å². The van der Waals surface area contributed by atoms with Gasteiger partial charge in [-0.15, -0.1) is 11.3 Å². The van der Waals surface area contributed by atoms with Crippen molar-refractivity contribution in [3.8, 4) is 0 Å². The number of nitrogens with one attached hydrogen (secondary N) is 1. The lowest BCUT2D eigenvalue weighted by Crippen LogP contribution is -2.29. The molecule has 0 atom stereocenters. The minimum absolute atomic E-state index is 0.231. The Balaban J connectivity index is 1.44. The van der Waals surface area contributed by atoms with Crippen LogP contribution in [0.5, 0.6) is 0 Å². The Morgan fingerprint density at radius 3 is 2.52 bits per heavy atom. The number of thiazole rings is 1. The highest BCUT2D eigenvalue weighted by Crippen LogP contribution is 2.31. The number of aromatic nitrogens is 1. The molecule has 1 aliphatic rings. The lowest BCUT2D eigenvalue weighted by molar-refractivity contribution is 0.0925. The number of fused-ring (bicyclic) bond motifs is 2. The summed E-state index contributed by atoms with van der Waals surface area (Å²) in [6.45, 7) is 3.78.